The summed E-state index contributed by atoms with van der Waals surface area (Å²) in [4.78, 5) is 28.2. The number of piperazine rings is 1. The number of methoxy groups -OCH3 is 1. The fraction of sp³-hybridized carbons (Fsp3) is 0.600. The molecule has 1 aliphatic carbocycles. The van der Waals surface area contributed by atoms with Gasteiger partial charge >= 0.3 is 0 Å². The molecule has 1 saturated heterocycles. The van der Waals surface area contributed by atoms with Gasteiger partial charge in [0.2, 0.25) is 11.8 Å². The first-order valence-electron chi connectivity index (χ1n) is 9.56. The Morgan fingerprint density at radius 1 is 1.12 bits per heavy atom. The van der Waals surface area contributed by atoms with Crippen molar-refractivity contribution in [1.29, 1.82) is 0 Å². The third-order valence-electron chi connectivity index (χ3n) is 5.11. The van der Waals surface area contributed by atoms with E-state index in [2.05, 4.69) is 22.3 Å². The quantitative estimate of drug-likeness (QED) is 0.717. The van der Waals surface area contributed by atoms with Gasteiger partial charge in [-0.25, -0.2) is 0 Å². The second kappa shape index (κ2) is 9.03. The maximum Gasteiger partial charge on any atom is 0.223 e. The van der Waals surface area contributed by atoms with Crippen LogP contribution < -0.4 is 10.1 Å². The van der Waals surface area contributed by atoms with E-state index in [4.69, 9.17) is 4.74 Å². The van der Waals surface area contributed by atoms with Crippen molar-refractivity contribution in [2.45, 2.75) is 32.2 Å². The highest BCUT2D eigenvalue weighted by Gasteiger charge is 2.29. The van der Waals surface area contributed by atoms with E-state index < -0.39 is 0 Å². The number of carbonyl (C=O) groups is 2. The summed E-state index contributed by atoms with van der Waals surface area (Å²) in [6, 6.07) is 8.15. The van der Waals surface area contributed by atoms with Gasteiger partial charge in [-0.05, 0) is 37.0 Å². The molecule has 2 fully saturated rings. The van der Waals surface area contributed by atoms with Crippen LogP contribution in [0, 0.1) is 5.92 Å². The van der Waals surface area contributed by atoms with Crippen molar-refractivity contribution in [1.82, 2.24) is 15.1 Å². The molecule has 1 saturated carbocycles. The normalized spacial score (nSPS) is 17.8. The number of amides is 2. The average Bonchev–Trinajstić information content (AvgIpc) is 3.51. The van der Waals surface area contributed by atoms with Gasteiger partial charge < -0.3 is 15.0 Å². The molecule has 1 heterocycles. The lowest BCUT2D eigenvalue weighted by molar-refractivity contribution is -0.133. The van der Waals surface area contributed by atoms with E-state index in [1.54, 1.807) is 7.11 Å². The molecule has 0 spiro atoms. The molecule has 142 valence electrons. The summed E-state index contributed by atoms with van der Waals surface area (Å²) < 4.78 is 5.19. The minimum Gasteiger partial charge on any atom is -0.497 e. The van der Waals surface area contributed by atoms with Crippen molar-refractivity contribution >= 4 is 11.8 Å². The third kappa shape index (κ3) is 5.46. The summed E-state index contributed by atoms with van der Waals surface area (Å²) in [6.07, 6.45) is 3.28. The van der Waals surface area contributed by atoms with Gasteiger partial charge in [-0.2, -0.15) is 0 Å². The highest BCUT2D eigenvalue weighted by Crippen LogP contribution is 2.28. The predicted octanol–water partition coefficient (Wildman–Crippen LogP) is 1.65. The number of nitrogens with one attached hydrogen (secondary N) is 1. The molecule has 0 unspecified atom stereocenters. The standard InChI is InChI=1S/C20H29N3O3/c1-26-18-8-4-16(5-9-18)15-22-11-13-23(14-12-22)19(24)3-2-10-21-20(25)17-6-7-17/h4-5,8-9,17H,2-3,6-7,10-15H2,1H3,(H,21,25). The minimum atomic E-state index is 0.157. The lowest BCUT2D eigenvalue weighted by Crippen LogP contribution is -2.48. The van der Waals surface area contributed by atoms with E-state index >= 15 is 0 Å². The van der Waals surface area contributed by atoms with Crippen LogP contribution >= 0.6 is 0 Å². The molecule has 2 amide bonds. The second-order valence-electron chi connectivity index (χ2n) is 7.17. The zero-order valence-electron chi connectivity index (χ0n) is 15.6. The van der Waals surface area contributed by atoms with Gasteiger partial charge in [-0.3, -0.25) is 14.5 Å². The highest BCUT2D eigenvalue weighted by molar-refractivity contribution is 5.81. The summed E-state index contributed by atoms with van der Waals surface area (Å²) in [5, 5.41) is 2.92. The number of ether oxygens (including phenoxy) is 1. The fourth-order valence-electron chi connectivity index (χ4n) is 3.24. The van der Waals surface area contributed by atoms with Gasteiger partial charge in [-0.1, -0.05) is 12.1 Å². The van der Waals surface area contributed by atoms with Crippen molar-refractivity contribution in [3.63, 3.8) is 0 Å². The van der Waals surface area contributed by atoms with Crippen LogP contribution in [-0.4, -0.2) is 61.4 Å². The zero-order valence-corrected chi connectivity index (χ0v) is 15.6. The Kier molecular flexibility index (Phi) is 6.50. The summed E-state index contributed by atoms with van der Waals surface area (Å²) >= 11 is 0. The molecular formula is C20H29N3O3. The molecule has 3 rings (SSSR count). The van der Waals surface area contributed by atoms with Crippen LogP contribution in [0.5, 0.6) is 5.75 Å². The van der Waals surface area contributed by atoms with Gasteiger partial charge in [0.25, 0.3) is 0 Å². The van der Waals surface area contributed by atoms with E-state index in [1.165, 1.54) is 5.56 Å². The Bertz CT molecular complexity index is 605. The molecule has 1 aliphatic heterocycles. The monoisotopic (exact) mass is 359 g/mol. The fourth-order valence-corrected chi connectivity index (χ4v) is 3.24. The molecule has 26 heavy (non-hydrogen) atoms. The molecular weight excluding hydrogens is 330 g/mol. The van der Waals surface area contributed by atoms with E-state index in [9.17, 15) is 9.59 Å². The topological polar surface area (TPSA) is 61.9 Å². The van der Waals surface area contributed by atoms with Crippen molar-refractivity contribution in [3.05, 3.63) is 29.8 Å². The molecule has 1 aromatic carbocycles. The van der Waals surface area contributed by atoms with Crippen LogP contribution in [-0.2, 0) is 16.1 Å². The SMILES string of the molecule is COc1ccc(CN2CCN(C(=O)CCCNC(=O)C3CC3)CC2)cc1. The van der Waals surface area contributed by atoms with Crippen LogP contribution in [0.25, 0.3) is 0 Å². The molecule has 0 bridgehead atoms. The van der Waals surface area contributed by atoms with Crippen LogP contribution in [0.3, 0.4) is 0 Å². The summed E-state index contributed by atoms with van der Waals surface area (Å²) in [7, 11) is 1.67. The number of rotatable bonds is 8. The molecule has 0 atom stereocenters. The van der Waals surface area contributed by atoms with Gasteiger partial charge in [0.15, 0.2) is 0 Å². The molecule has 0 radical (unpaired) electrons. The third-order valence-corrected chi connectivity index (χ3v) is 5.11. The number of carbonyl (C=O) groups excluding carboxylic acids is 2. The molecule has 2 aliphatic rings. The van der Waals surface area contributed by atoms with E-state index in [0.29, 0.717) is 13.0 Å². The van der Waals surface area contributed by atoms with Crippen LogP contribution in [0.1, 0.15) is 31.2 Å². The van der Waals surface area contributed by atoms with Crippen molar-refractivity contribution in [2.75, 3.05) is 39.8 Å². The lowest BCUT2D eigenvalue weighted by atomic mass is 10.2. The van der Waals surface area contributed by atoms with E-state index in [-0.39, 0.29) is 17.7 Å². The maximum atomic E-state index is 12.3. The molecule has 0 aromatic heterocycles. The Balaban J connectivity index is 1.31. The number of hydrogen-bond donors (Lipinski definition) is 1. The maximum absolute atomic E-state index is 12.3. The van der Waals surface area contributed by atoms with Crippen LogP contribution in [0.2, 0.25) is 0 Å². The largest absolute Gasteiger partial charge is 0.497 e. The van der Waals surface area contributed by atoms with Gasteiger partial charge in [0.05, 0.1) is 7.11 Å². The van der Waals surface area contributed by atoms with Crippen molar-refractivity contribution < 1.29 is 14.3 Å². The van der Waals surface area contributed by atoms with Gasteiger partial charge in [0, 0.05) is 51.6 Å². The Morgan fingerprint density at radius 2 is 1.81 bits per heavy atom. The first kappa shape index (κ1) is 18.7. The summed E-state index contributed by atoms with van der Waals surface area (Å²) in [5.74, 6) is 1.47. The second-order valence-corrected chi connectivity index (χ2v) is 7.17. The average molecular weight is 359 g/mol. The smallest absolute Gasteiger partial charge is 0.223 e. The highest BCUT2D eigenvalue weighted by atomic mass is 16.5. The molecule has 6 nitrogen and oxygen atoms in total. The molecule has 1 aromatic rings. The first-order chi connectivity index (χ1) is 12.7. The first-order valence-corrected chi connectivity index (χ1v) is 9.56. The van der Waals surface area contributed by atoms with E-state index in [1.807, 2.05) is 17.0 Å². The number of nitrogens with zero attached hydrogens (tertiary/aromatic N) is 2. The number of hydrogen-bond acceptors (Lipinski definition) is 4. The van der Waals surface area contributed by atoms with Crippen molar-refractivity contribution in [2.24, 2.45) is 5.92 Å². The molecule has 1 N–H and O–H groups in total. The Morgan fingerprint density at radius 3 is 2.42 bits per heavy atom. The van der Waals surface area contributed by atoms with Gasteiger partial charge in [-0.15, -0.1) is 0 Å². The zero-order chi connectivity index (χ0) is 18.4. The Labute approximate surface area is 155 Å². The van der Waals surface area contributed by atoms with Crippen LogP contribution in [0.4, 0.5) is 0 Å². The van der Waals surface area contributed by atoms with E-state index in [0.717, 1.165) is 57.7 Å². The summed E-state index contributed by atoms with van der Waals surface area (Å²) in [6.45, 7) is 4.87. The predicted molar refractivity (Wildman–Crippen MR) is 99.8 cm³/mol. The summed E-state index contributed by atoms with van der Waals surface area (Å²) in [5.41, 5.74) is 1.26. The van der Waals surface area contributed by atoms with Gasteiger partial charge in [0.1, 0.15) is 5.75 Å². The number of benzene rings is 1. The minimum absolute atomic E-state index is 0.157. The van der Waals surface area contributed by atoms with Crippen LogP contribution in [0.15, 0.2) is 24.3 Å². The lowest BCUT2D eigenvalue weighted by Gasteiger charge is -2.34. The Hall–Kier alpha value is -2.08. The molecule has 6 heteroatoms. The van der Waals surface area contributed by atoms with Crippen molar-refractivity contribution in [3.8, 4) is 5.75 Å².